The summed E-state index contributed by atoms with van der Waals surface area (Å²) < 4.78 is 5.38. The van der Waals surface area contributed by atoms with Crippen LogP contribution in [0.25, 0.3) is 0 Å². The van der Waals surface area contributed by atoms with Crippen molar-refractivity contribution in [3.63, 3.8) is 0 Å². The van der Waals surface area contributed by atoms with Crippen molar-refractivity contribution in [2.75, 3.05) is 26.0 Å². The second kappa shape index (κ2) is 6.40. The lowest BCUT2D eigenvalue weighted by atomic mass is 10.2. The van der Waals surface area contributed by atoms with Crippen molar-refractivity contribution in [3.05, 3.63) is 41.7 Å². The Morgan fingerprint density at radius 2 is 2.26 bits per heavy atom. The molecule has 2 rings (SSSR count). The molecule has 0 radical (unpaired) electrons. The normalized spacial score (nSPS) is 12.4. The summed E-state index contributed by atoms with van der Waals surface area (Å²) in [7, 11) is 3.90. The summed E-state index contributed by atoms with van der Waals surface area (Å²) in [5.41, 5.74) is 0. The van der Waals surface area contributed by atoms with Gasteiger partial charge in [-0.15, -0.1) is 11.3 Å². The van der Waals surface area contributed by atoms with E-state index in [9.17, 15) is 4.79 Å². The highest BCUT2D eigenvalue weighted by atomic mass is 32.1. The third kappa shape index (κ3) is 3.84. The van der Waals surface area contributed by atoms with Crippen LogP contribution in [0.1, 0.15) is 11.8 Å². The number of anilines is 1. The number of urea groups is 1. The van der Waals surface area contributed by atoms with Gasteiger partial charge in [0.2, 0.25) is 0 Å². The molecule has 2 heterocycles. The van der Waals surface area contributed by atoms with Gasteiger partial charge in [0.15, 0.2) is 0 Å². The monoisotopic (exact) mass is 279 g/mol. The van der Waals surface area contributed by atoms with E-state index < -0.39 is 0 Å². The summed E-state index contributed by atoms with van der Waals surface area (Å²) in [6.45, 7) is 0.484. The maximum absolute atomic E-state index is 11.7. The second-order valence-electron chi connectivity index (χ2n) is 4.31. The van der Waals surface area contributed by atoms with E-state index in [0.29, 0.717) is 6.54 Å². The van der Waals surface area contributed by atoms with Gasteiger partial charge in [-0.2, -0.15) is 0 Å². The highest BCUT2D eigenvalue weighted by Crippen LogP contribution is 2.18. The maximum Gasteiger partial charge on any atom is 0.319 e. The molecule has 19 heavy (non-hydrogen) atoms. The third-order valence-corrected chi connectivity index (χ3v) is 3.49. The molecule has 2 aromatic heterocycles. The molecular formula is C13H17N3O2S. The van der Waals surface area contributed by atoms with Crippen molar-refractivity contribution in [2.24, 2.45) is 0 Å². The first-order valence-corrected chi connectivity index (χ1v) is 6.83. The molecule has 0 spiro atoms. The van der Waals surface area contributed by atoms with Crippen LogP contribution < -0.4 is 10.6 Å². The molecular weight excluding hydrogens is 262 g/mol. The Kier molecular flexibility index (Phi) is 4.59. The van der Waals surface area contributed by atoms with Crippen LogP contribution in [0, 0.1) is 0 Å². The fourth-order valence-corrected chi connectivity index (χ4v) is 2.33. The van der Waals surface area contributed by atoms with Crippen LogP contribution in [0.2, 0.25) is 0 Å². The highest BCUT2D eigenvalue weighted by Gasteiger charge is 2.17. The first-order valence-electron chi connectivity index (χ1n) is 5.95. The molecule has 102 valence electrons. The Bertz CT molecular complexity index is 494. The largest absolute Gasteiger partial charge is 0.468 e. The van der Waals surface area contributed by atoms with E-state index in [4.69, 9.17) is 4.42 Å². The van der Waals surface area contributed by atoms with Crippen LogP contribution in [-0.4, -0.2) is 31.6 Å². The number of carbonyl (C=O) groups excluding carboxylic acids is 1. The molecule has 5 nitrogen and oxygen atoms in total. The Morgan fingerprint density at radius 1 is 1.42 bits per heavy atom. The van der Waals surface area contributed by atoms with Gasteiger partial charge in [-0.3, -0.25) is 10.2 Å². The first-order chi connectivity index (χ1) is 9.16. The second-order valence-corrected chi connectivity index (χ2v) is 5.25. The van der Waals surface area contributed by atoms with E-state index in [0.717, 1.165) is 10.8 Å². The lowest BCUT2D eigenvalue weighted by Gasteiger charge is -2.22. The van der Waals surface area contributed by atoms with Crippen LogP contribution in [0.3, 0.4) is 0 Å². The third-order valence-electron chi connectivity index (χ3n) is 2.71. The Morgan fingerprint density at radius 3 is 2.84 bits per heavy atom. The number of rotatable bonds is 5. The summed E-state index contributed by atoms with van der Waals surface area (Å²) in [4.78, 5) is 13.7. The van der Waals surface area contributed by atoms with Gasteiger partial charge in [0.1, 0.15) is 5.76 Å². The van der Waals surface area contributed by atoms with Gasteiger partial charge in [-0.05, 0) is 43.7 Å². The predicted molar refractivity (Wildman–Crippen MR) is 76.5 cm³/mol. The summed E-state index contributed by atoms with van der Waals surface area (Å²) in [6.07, 6.45) is 1.64. The molecule has 0 aliphatic carbocycles. The molecule has 2 N–H and O–H groups in total. The van der Waals surface area contributed by atoms with Gasteiger partial charge in [0.25, 0.3) is 0 Å². The topological polar surface area (TPSA) is 57.5 Å². The minimum Gasteiger partial charge on any atom is -0.468 e. The summed E-state index contributed by atoms with van der Waals surface area (Å²) in [6, 6.07) is 7.32. The average Bonchev–Trinajstić information content (AvgIpc) is 3.01. The molecule has 1 unspecified atom stereocenters. The lowest BCUT2D eigenvalue weighted by molar-refractivity contribution is 0.233. The number of amides is 2. The Labute approximate surface area is 116 Å². The van der Waals surface area contributed by atoms with Crippen molar-refractivity contribution in [1.82, 2.24) is 10.2 Å². The minimum atomic E-state index is -0.208. The molecule has 1 atom stereocenters. The van der Waals surface area contributed by atoms with E-state index in [2.05, 4.69) is 10.6 Å². The van der Waals surface area contributed by atoms with E-state index in [1.54, 1.807) is 6.26 Å². The van der Waals surface area contributed by atoms with E-state index in [1.807, 2.05) is 48.6 Å². The minimum absolute atomic E-state index is 0.0177. The highest BCUT2D eigenvalue weighted by molar-refractivity contribution is 7.14. The molecule has 0 fully saturated rings. The zero-order chi connectivity index (χ0) is 13.7. The maximum atomic E-state index is 11.7. The fourth-order valence-electron chi connectivity index (χ4n) is 1.71. The summed E-state index contributed by atoms with van der Waals surface area (Å²) in [5.74, 6) is 0.835. The average molecular weight is 279 g/mol. The van der Waals surface area contributed by atoms with Gasteiger partial charge in [0, 0.05) is 6.54 Å². The van der Waals surface area contributed by atoms with E-state index >= 15 is 0 Å². The molecule has 0 saturated heterocycles. The first kappa shape index (κ1) is 13.6. The summed E-state index contributed by atoms with van der Waals surface area (Å²) in [5, 5.41) is 8.37. The van der Waals surface area contributed by atoms with Crippen molar-refractivity contribution < 1.29 is 9.21 Å². The predicted octanol–water partition coefficient (Wildman–Crippen LogP) is 2.77. The zero-order valence-corrected chi connectivity index (χ0v) is 11.7. The quantitative estimate of drug-likeness (QED) is 0.885. The number of carbonyl (C=O) groups is 1. The van der Waals surface area contributed by atoms with Crippen molar-refractivity contribution in [1.29, 1.82) is 0 Å². The smallest absolute Gasteiger partial charge is 0.319 e. The van der Waals surface area contributed by atoms with Crippen molar-refractivity contribution in [2.45, 2.75) is 6.04 Å². The van der Waals surface area contributed by atoms with Gasteiger partial charge in [0.05, 0.1) is 17.3 Å². The molecule has 2 amide bonds. The van der Waals surface area contributed by atoms with E-state index in [-0.39, 0.29) is 12.1 Å². The SMILES string of the molecule is CN(C)C(CNC(=O)Nc1cccs1)c1ccco1. The number of likely N-dealkylation sites (N-methyl/N-ethyl adjacent to an activating group) is 1. The molecule has 0 bridgehead atoms. The number of furan rings is 1. The van der Waals surface area contributed by atoms with Crippen LogP contribution in [0.15, 0.2) is 40.3 Å². The van der Waals surface area contributed by atoms with Crippen LogP contribution in [0.4, 0.5) is 9.80 Å². The number of hydrogen-bond donors (Lipinski definition) is 2. The molecule has 0 aliphatic heterocycles. The van der Waals surface area contributed by atoms with Crippen molar-refractivity contribution in [3.8, 4) is 0 Å². The van der Waals surface area contributed by atoms with Crippen LogP contribution in [-0.2, 0) is 0 Å². The number of nitrogens with one attached hydrogen (secondary N) is 2. The fraction of sp³-hybridized carbons (Fsp3) is 0.308. The molecule has 0 saturated carbocycles. The van der Waals surface area contributed by atoms with Gasteiger partial charge >= 0.3 is 6.03 Å². The standard InChI is InChI=1S/C13H17N3O2S/c1-16(2)10(11-5-3-7-18-11)9-14-13(17)15-12-6-4-8-19-12/h3-8,10H,9H2,1-2H3,(H2,14,15,17). The van der Waals surface area contributed by atoms with E-state index in [1.165, 1.54) is 11.3 Å². The lowest BCUT2D eigenvalue weighted by Crippen LogP contribution is -2.36. The molecule has 0 aliphatic rings. The van der Waals surface area contributed by atoms with Crippen LogP contribution >= 0.6 is 11.3 Å². The zero-order valence-electron chi connectivity index (χ0n) is 10.9. The number of thiophene rings is 1. The molecule has 0 aromatic carbocycles. The molecule has 2 aromatic rings. The number of nitrogens with zero attached hydrogens (tertiary/aromatic N) is 1. The number of hydrogen-bond acceptors (Lipinski definition) is 4. The van der Waals surface area contributed by atoms with Gasteiger partial charge in [-0.1, -0.05) is 0 Å². The van der Waals surface area contributed by atoms with Crippen LogP contribution in [0.5, 0.6) is 0 Å². The Hall–Kier alpha value is -1.79. The Balaban J connectivity index is 1.87. The van der Waals surface area contributed by atoms with Gasteiger partial charge < -0.3 is 9.73 Å². The van der Waals surface area contributed by atoms with Crippen molar-refractivity contribution >= 4 is 22.4 Å². The summed E-state index contributed by atoms with van der Waals surface area (Å²) >= 11 is 1.49. The van der Waals surface area contributed by atoms with Gasteiger partial charge in [-0.25, -0.2) is 4.79 Å². The molecule has 6 heteroatoms.